The van der Waals surface area contributed by atoms with Crippen molar-refractivity contribution < 1.29 is 4.39 Å². The Hall–Kier alpha value is -3.02. The summed E-state index contributed by atoms with van der Waals surface area (Å²) in [6.07, 6.45) is 5.36. The second-order valence-corrected chi connectivity index (χ2v) is 5.93. The second-order valence-electron chi connectivity index (χ2n) is 5.93. The van der Waals surface area contributed by atoms with Gasteiger partial charge < -0.3 is 4.98 Å². The molecule has 0 spiro atoms. The molecule has 0 aliphatic rings. The predicted molar refractivity (Wildman–Crippen MR) is 90.9 cm³/mol. The van der Waals surface area contributed by atoms with E-state index in [4.69, 9.17) is 5.10 Å². The van der Waals surface area contributed by atoms with Crippen LogP contribution < -0.4 is 0 Å². The van der Waals surface area contributed by atoms with E-state index in [0.29, 0.717) is 0 Å². The topological polar surface area (TPSA) is 59.4 Å². The van der Waals surface area contributed by atoms with Gasteiger partial charge in [0.25, 0.3) is 0 Å². The summed E-state index contributed by atoms with van der Waals surface area (Å²) in [6.45, 7) is 4.13. The Bertz CT molecular complexity index is 998. The maximum atomic E-state index is 13.3. The standard InChI is InChI=1S/C18H16FN5/c1-11(2)24-9-15(16(23-24)12-3-5-13(19)6-4-12)17-14-7-8-20-18(14)22-10-21-17/h3-11H,1-2H3,(H,20,21,22). The highest BCUT2D eigenvalue weighted by molar-refractivity contribution is 5.94. The number of nitrogens with one attached hydrogen (secondary N) is 1. The zero-order chi connectivity index (χ0) is 16.7. The minimum atomic E-state index is -0.265. The van der Waals surface area contributed by atoms with E-state index in [1.807, 2.05) is 23.1 Å². The quantitative estimate of drug-likeness (QED) is 0.615. The SMILES string of the molecule is CC(C)n1cc(-c2ncnc3[nH]ccc23)c(-c2ccc(F)cc2)n1. The third-order valence-electron chi connectivity index (χ3n) is 3.99. The Morgan fingerprint density at radius 2 is 1.83 bits per heavy atom. The number of fused-ring (bicyclic) bond motifs is 1. The number of aromatic nitrogens is 5. The first-order valence-electron chi connectivity index (χ1n) is 7.77. The van der Waals surface area contributed by atoms with Gasteiger partial charge in [-0.2, -0.15) is 5.10 Å². The lowest BCUT2D eigenvalue weighted by Gasteiger charge is -2.03. The van der Waals surface area contributed by atoms with Gasteiger partial charge >= 0.3 is 0 Å². The van der Waals surface area contributed by atoms with E-state index < -0.39 is 0 Å². The van der Waals surface area contributed by atoms with Crippen molar-refractivity contribution >= 4 is 11.0 Å². The number of hydrogen-bond donors (Lipinski definition) is 1. The number of benzene rings is 1. The van der Waals surface area contributed by atoms with E-state index in [-0.39, 0.29) is 11.9 Å². The van der Waals surface area contributed by atoms with Gasteiger partial charge in [-0.25, -0.2) is 14.4 Å². The zero-order valence-electron chi connectivity index (χ0n) is 13.4. The van der Waals surface area contributed by atoms with Gasteiger partial charge in [0.05, 0.1) is 5.69 Å². The van der Waals surface area contributed by atoms with Gasteiger partial charge in [-0.15, -0.1) is 0 Å². The van der Waals surface area contributed by atoms with E-state index in [9.17, 15) is 4.39 Å². The number of rotatable bonds is 3. The lowest BCUT2D eigenvalue weighted by atomic mass is 10.0. The Morgan fingerprint density at radius 1 is 1.04 bits per heavy atom. The zero-order valence-corrected chi connectivity index (χ0v) is 13.4. The van der Waals surface area contributed by atoms with E-state index in [0.717, 1.165) is 33.5 Å². The molecular formula is C18H16FN5. The number of halogens is 1. The third kappa shape index (κ3) is 2.36. The number of hydrogen-bond acceptors (Lipinski definition) is 3. The van der Waals surface area contributed by atoms with Crippen LogP contribution in [0.3, 0.4) is 0 Å². The molecule has 0 radical (unpaired) electrons. The normalized spacial score (nSPS) is 11.5. The molecule has 5 nitrogen and oxygen atoms in total. The molecule has 0 aliphatic carbocycles. The van der Waals surface area contributed by atoms with Gasteiger partial charge in [0, 0.05) is 34.9 Å². The summed E-state index contributed by atoms with van der Waals surface area (Å²) in [7, 11) is 0. The van der Waals surface area contributed by atoms with Crippen molar-refractivity contribution in [2.24, 2.45) is 0 Å². The van der Waals surface area contributed by atoms with Crippen LogP contribution in [0.2, 0.25) is 0 Å². The fourth-order valence-corrected chi connectivity index (χ4v) is 2.74. The van der Waals surface area contributed by atoms with Gasteiger partial charge in [-0.1, -0.05) is 0 Å². The highest BCUT2D eigenvalue weighted by atomic mass is 19.1. The average Bonchev–Trinajstić information content (AvgIpc) is 3.22. The van der Waals surface area contributed by atoms with E-state index in [1.54, 1.807) is 12.1 Å². The molecule has 0 amide bonds. The molecule has 0 aliphatic heterocycles. The van der Waals surface area contributed by atoms with Gasteiger partial charge in [0.15, 0.2) is 0 Å². The predicted octanol–water partition coefficient (Wildman–Crippen LogP) is 4.21. The van der Waals surface area contributed by atoms with Crippen LogP contribution >= 0.6 is 0 Å². The number of nitrogens with zero attached hydrogens (tertiary/aromatic N) is 4. The molecule has 4 rings (SSSR count). The Labute approximate surface area is 138 Å². The highest BCUT2D eigenvalue weighted by Gasteiger charge is 2.18. The molecule has 3 heterocycles. The van der Waals surface area contributed by atoms with Gasteiger partial charge in [0.2, 0.25) is 0 Å². The Balaban J connectivity index is 1.97. The van der Waals surface area contributed by atoms with E-state index in [2.05, 4.69) is 28.8 Å². The van der Waals surface area contributed by atoms with Crippen LogP contribution in [0.1, 0.15) is 19.9 Å². The number of aromatic amines is 1. The van der Waals surface area contributed by atoms with Crippen LogP contribution in [0.15, 0.2) is 49.1 Å². The largest absolute Gasteiger partial charge is 0.346 e. The van der Waals surface area contributed by atoms with Crippen molar-refractivity contribution in [1.82, 2.24) is 24.7 Å². The first-order chi connectivity index (χ1) is 11.6. The molecule has 0 saturated carbocycles. The second kappa shape index (κ2) is 5.56. The summed E-state index contributed by atoms with van der Waals surface area (Å²) in [6, 6.07) is 8.52. The van der Waals surface area contributed by atoms with Crippen LogP contribution in [0.25, 0.3) is 33.5 Å². The van der Waals surface area contributed by atoms with E-state index >= 15 is 0 Å². The maximum absolute atomic E-state index is 13.3. The molecular weight excluding hydrogens is 305 g/mol. The highest BCUT2D eigenvalue weighted by Crippen LogP contribution is 2.34. The molecule has 120 valence electrons. The van der Waals surface area contributed by atoms with Crippen LogP contribution in [-0.4, -0.2) is 24.7 Å². The van der Waals surface area contributed by atoms with Gasteiger partial charge in [-0.3, -0.25) is 4.68 Å². The van der Waals surface area contributed by atoms with Crippen LogP contribution in [-0.2, 0) is 0 Å². The van der Waals surface area contributed by atoms with Crippen molar-refractivity contribution in [3.05, 3.63) is 54.9 Å². The molecule has 6 heteroatoms. The van der Waals surface area contributed by atoms with Crippen molar-refractivity contribution in [1.29, 1.82) is 0 Å². The molecule has 1 N–H and O–H groups in total. The summed E-state index contributed by atoms with van der Waals surface area (Å²) in [5.41, 5.74) is 4.13. The summed E-state index contributed by atoms with van der Waals surface area (Å²) in [5.74, 6) is -0.265. The Kier molecular flexibility index (Phi) is 3.37. The molecule has 4 aromatic rings. The Morgan fingerprint density at radius 3 is 2.58 bits per heavy atom. The van der Waals surface area contributed by atoms with Crippen molar-refractivity contribution in [3.63, 3.8) is 0 Å². The molecule has 1 aromatic carbocycles. The van der Waals surface area contributed by atoms with Gasteiger partial charge in [0.1, 0.15) is 23.5 Å². The first-order valence-corrected chi connectivity index (χ1v) is 7.77. The van der Waals surface area contributed by atoms with Crippen LogP contribution in [0.4, 0.5) is 4.39 Å². The third-order valence-corrected chi connectivity index (χ3v) is 3.99. The minimum absolute atomic E-state index is 0.210. The van der Waals surface area contributed by atoms with Crippen LogP contribution in [0, 0.1) is 5.82 Å². The fraction of sp³-hybridized carbons (Fsp3) is 0.167. The fourth-order valence-electron chi connectivity index (χ4n) is 2.74. The van der Waals surface area contributed by atoms with Crippen LogP contribution in [0.5, 0.6) is 0 Å². The molecule has 3 aromatic heterocycles. The lowest BCUT2D eigenvalue weighted by molar-refractivity contribution is 0.534. The van der Waals surface area contributed by atoms with Crippen molar-refractivity contribution in [2.75, 3.05) is 0 Å². The summed E-state index contributed by atoms with van der Waals surface area (Å²) in [4.78, 5) is 11.8. The molecule has 0 unspecified atom stereocenters. The van der Waals surface area contributed by atoms with Crippen molar-refractivity contribution in [2.45, 2.75) is 19.9 Å². The van der Waals surface area contributed by atoms with Gasteiger partial charge in [-0.05, 0) is 44.2 Å². The number of H-pyrrole nitrogens is 1. The maximum Gasteiger partial charge on any atom is 0.141 e. The molecule has 0 saturated heterocycles. The summed E-state index contributed by atoms with van der Waals surface area (Å²) in [5, 5.41) is 5.64. The molecule has 0 bridgehead atoms. The lowest BCUT2D eigenvalue weighted by Crippen LogP contribution is -2.00. The summed E-state index contributed by atoms with van der Waals surface area (Å²) < 4.78 is 15.2. The van der Waals surface area contributed by atoms with Crippen molar-refractivity contribution in [3.8, 4) is 22.5 Å². The average molecular weight is 321 g/mol. The monoisotopic (exact) mass is 321 g/mol. The molecule has 0 atom stereocenters. The molecule has 24 heavy (non-hydrogen) atoms. The minimum Gasteiger partial charge on any atom is -0.346 e. The molecule has 0 fully saturated rings. The summed E-state index contributed by atoms with van der Waals surface area (Å²) >= 11 is 0. The van der Waals surface area contributed by atoms with E-state index in [1.165, 1.54) is 18.5 Å². The first kappa shape index (κ1) is 14.6. The smallest absolute Gasteiger partial charge is 0.141 e.